The number of esters is 4. The summed E-state index contributed by atoms with van der Waals surface area (Å²) < 4.78 is 21.4. The zero-order valence-electron chi connectivity index (χ0n) is 19.3. The number of alkyl halides is 1. The van der Waals surface area contributed by atoms with Crippen LogP contribution in [0.3, 0.4) is 0 Å². The molecule has 6 unspecified atom stereocenters. The molecular formula is C23H29ClO9. The molecule has 0 aromatic rings. The van der Waals surface area contributed by atoms with E-state index in [2.05, 4.69) is 6.58 Å². The average Bonchev–Trinajstić information content (AvgIpc) is 2.99. The Bertz CT molecular complexity index is 900. The third-order valence-corrected chi connectivity index (χ3v) is 6.18. The Kier molecular flexibility index (Phi) is 8.48. The number of carbonyl (C=O) groups is 4. The SMILES string of the molecule is C=C1C(=O)OC2/C=C(\C)CC/C=C(/C(=O)OC)C(OC(C)=O)C(OC(=O)C(C)(Cl)C(C)O)C12. The maximum atomic E-state index is 13.0. The van der Waals surface area contributed by atoms with Crippen molar-refractivity contribution in [3.8, 4) is 0 Å². The third kappa shape index (κ3) is 5.83. The molecule has 0 bridgehead atoms. The molecule has 9 nitrogen and oxygen atoms in total. The second-order valence-electron chi connectivity index (χ2n) is 8.28. The first-order chi connectivity index (χ1) is 15.3. The molecule has 0 radical (unpaired) electrons. The maximum absolute atomic E-state index is 13.0. The quantitative estimate of drug-likeness (QED) is 0.205. The molecule has 6 atom stereocenters. The van der Waals surface area contributed by atoms with E-state index in [4.69, 9.17) is 30.5 Å². The first-order valence-corrected chi connectivity index (χ1v) is 10.8. The molecule has 2 aliphatic rings. The highest BCUT2D eigenvalue weighted by Crippen LogP contribution is 2.38. The van der Waals surface area contributed by atoms with Gasteiger partial charge in [-0.15, -0.1) is 11.6 Å². The molecule has 10 heteroatoms. The number of hydrogen-bond donors (Lipinski definition) is 1. The molecule has 1 aliphatic carbocycles. The minimum atomic E-state index is -1.86. The van der Waals surface area contributed by atoms with Gasteiger partial charge < -0.3 is 24.1 Å². The topological polar surface area (TPSA) is 125 Å². The summed E-state index contributed by atoms with van der Waals surface area (Å²) in [6, 6.07) is 0. The fourth-order valence-electron chi connectivity index (χ4n) is 3.60. The Morgan fingerprint density at radius 2 is 1.97 bits per heavy atom. The molecule has 182 valence electrons. The fraction of sp³-hybridized carbons (Fsp3) is 0.565. The molecule has 0 aromatic heterocycles. The summed E-state index contributed by atoms with van der Waals surface area (Å²) in [5.41, 5.74) is 0.756. The molecular weight excluding hydrogens is 456 g/mol. The largest absolute Gasteiger partial charge is 0.466 e. The standard InChI is InChI=1S/C23H29ClO9/c1-11-8-7-9-15(21(28)30-6)18(31-14(4)26)19(33-22(29)23(5,24)13(3)25)17-12(2)20(27)32-16(17)10-11/h9-10,13,16-19,25H,2,7-8H2,1,3-6H3/b11-10+,15-9+. The van der Waals surface area contributed by atoms with Crippen molar-refractivity contribution in [1.82, 2.24) is 0 Å². The van der Waals surface area contributed by atoms with Crippen molar-refractivity contribution in [2.45, 2.75) is 69.8 Å². The van der Waals surface area contributed by atoms with Gasteiger partial charge in [-0.05, 0) is 39.7 Å². The van der Waals surface area contributed by atoms with E-state index in [9.17, 15) is 24.3 Å². The van der Waals surface area contributed by atoms with Crippen molar-refractivity contribution >= 4 is 35.5 Å². The number of methoxy groups -OCH3 is 1. The summed E-state index contributed by atoms with van der Waals surface area (Å²) in [5.74, 6) is -4.34. The molecule has 1 saturated heterocycles. The van der Waals surface area contributed by atoms with Crippen LogP contribution in [-0.4, -0.2) is 65.4 Å². The van der Waals surface area contributed by atoms with E-state index in [0.717, 1.165) is 19.6 Å². The van der Waals surface area contributed by atoms with Crippen LogP contribution in [0.2, 0.25) is 0 Å². The van der Waals surface area contributed by atoms with Crippen LogP contribution in [0.5, 0.6) is 0 Å². The summed E-state index contributed by atoms with van der Waals surface area (Å²) >= 11 is 6.21. The maximum Gasteiger partial charge on any atom is 0.337 e. The van der Waals surface area contributed by atoms with Gasteiger partial charge >= 0.3 is 23.9 Å². The predicted molar refractivity (Wildman–Crippen MR) is 117 cm³/mol. The van der Waals surface area contributed by atoms with Crippen molar-refractivity contribution in [1.29, 1.82) is 0 Å². The second kappa shape index (κ2) is 10.5. The van der Waals surface area contributed by atoms with Gasteiger partial charge in [0.2, 0.25) is 0 Å². The molecule has 1 N–H and O–H groups in total. The number of ether oxygens (including phenoxy) is 4. The molecule has 33 heavy (non-hydrogen) atoms. The first kappa shape index (κ1) is 26.6. The van der Waals surface area contributed by atoms with Crippen LogP contribution in [0.15, 0.2) is 35.5 Å². The highest BCUT2D eigenvalue weighted by molar-refractivity contribution is 6.34. The molecule has 0 aromatic carbocycles. The van der Waals surface area contributed by atoms with Crippen molar-refractivity contribution in [2.24, 2.45) is 5.92 Å². The van der Waals surface area contributed by atoms with E-state index in [1.54, 1.807) is 6.08 Å². The number of aliphatic hydroxyl groups is 1. The number of hydrogen-bond acceptors (Lipinski definition) is 9. The highest BCUT2D eigenvalue weighted by atomic mass is 35.5. The number of allylic oxidation sites excluding steroid dienone is 2. The monoisotopic (exact) mass is 484 g/mol. The van der Waals surface area contributed by atoms with E-state index in [0.29, 0.717) is 12.8 Å². The predicted octanol–water partition coefficient (Wildman–Crippen LogP) is 2.15. The zero-order valence-corrected chi connectivity index (χ0v) is 20.0. The van der Waals surface area contributed by atoms with E-state index >= 15 is 0 Å². The van der Waals surface area contributed by atoms with Crippen LogP contribution >= 0.6 is 11.6 Å². The summed E-state index contributed by atoms with van der Waals surface area (Å²) in [5, 5.41) is 9.96. The number of halogens is 1. The lowest BCUT2D eigenvalue weighted by Crippen LogP contribution is -2.50. The van der Waals surface area contributed by atoms with Gasteiger partial charge in [0.25, 0.3) is 0 Å². The lowest BCUT2D eigenvalue weighted by Gasteiger charge is -2.35. The van der Waals surface area contributed by atoms with E-state index in [1.165, 1.54) is 19.9 Å². The second-order valence-corrected chi connectivity index (χ2v) is 9.06. The number of rotatable bonds is 5. The van der Waals surface area contributed by atoms with Gasteiger partial charge in [0.15, 0.2) is 17.1 Å². The van der Waals surface area contributed by atoms with Gasteiger partial charge in [0.1, 0.15) is 6.10 Å². The summed E-state index contributed by atoms with van der Waals surface area (Å²) in [6.45, 7) is 9.29. The van der Waals surface area contributed by atoms with Crippen LogP contribution in [0, 0.1) is 5.92 Å². The average molecular weight is 485 g/mol. The summed E-state index contributed by atoms with van der Waals surface area (Å²) in [6.07, 6.45) is -0.959. The van der Waals surface area contributed by atoms with Crippen LogP contribution in [0.4, 0.5) is 0 Å². The van der Waals surface area contributed by atoms with Crippen molar-refractivity contribution < 1.29 is 43.2 Å². The molecule has 0 amide bonds. The van der Waals surface area contributed by atoms with Gasteiger partial charge in [-0.3, -0.25) is 9.59 Å². The Morgan fingerprint density at radius 3 is 2.52 bits per heavy atom. The van der Waals surface area contributed by atoms with Gasteiger partial charge in [-0.1, -0.05) is 18.2 Å². The molecule has 2 rings (SSSR count). The Hall–Kier alpha value is -2.65. The Labute approximate surface area is 197 Å². The molecule has 0 saturated carbocycles. The summed E-state index contributed by atoms with van der Waals surface area (Å²) in [7, 11) is 1.16. The van der Waals surface area contributed by atoms with Gasteiger partial charge in [0.05, 0.1) is 24.7 Å². The number of aliphatic hydroxyl groups excluding tert-OH is 1. The minimum absolute atomic E-state index is 0.0305. The highest BCUT2D eigenvalue weighted by Gasteiger charge is 2.52. The number of fused-ring (bicyclic) bond motifs is 1. The zero-order chi connectivity index (χ0) is 25.1. The lowest BCUT2D eigenvalue weighted by molar-refractivity contribution is -0.173. The van der Waals surface area contributed by atoms with Gasteiger partial charge in [0, 0.05) is 12.5 Å². The van der Waals surface area contributed by atoms with Crippen molar-refractivity contribution in [3.63, 3.8) is 0 Å². The lowest BCUT2D eigenvalue weighted by atomic mass is 9.83. The van der Waals surface area contributed by atoms with Crippen molar-refractivity contribution in [2.75, 3.05) is 7.11 Å². The van der Waals surface area contributed by atoms with E-state index in [1.807, 2.05) is 6.92 Å². The third-order valence-electron chi connectivity index (χ3n) is 5.71. The first-order valence-electron chi connectivity index (χ1n) is 10.4. The van der Waals surface area contributed by atoms with Crippen LogP contribution < -0.4 is 0 Å². The van der Waals surface area contributed by atoms with Gasteiger partial charge in [-0.2, -0.15) is 0 Å². The van der Waals surface area contributed by atoms with Crippen molar-refractivity contribution in [3.05, 3.63) is 35.5 Å². The fourth-order valence-corrected chi connectivity index (χ4v) is 3.65. The van der Waals surface area contributed by atoms with E-state index in [-0.39, 0.29) is 11.1 Å². The molecule has 1 fully saturated rings. The Morgan fingerprint density at radius 1 is 1.33 bits per heavy atom. The van der Waals surface area contributed by atoms with Gasteiger partial charge in [-0.25, -0.2) is 9.59 Å². The summed E-state index contributed by atoms with van der Waals surface area (Å²) in [4.78, 5) is 48.2. The minimum Gasteiger partial charge on any atom is -0.466 e. The smallest absolute Gasteiger partial charge is 0.337 e. The number of carbonyl (C=O) groups excluding carboxylic acids is 4. The Balaban J connectivity index is 2.72. The van der Waals surface area contributed by atoms with Crippen LogP contribution in [0.25, 0.3) is 0 Å². The van der Waals surface area contributed by atoms with E-state index < -0.39 is 59.1 Å². The molecule has 1 heterocycles. The molecule has 0 spiro atoms. The van der Waals surface area contributed by atoms with Crippen LogP contribution in [-0.2, 0) is 38.1 Å². The molecule has 1 aliphatic heterocycles. The van der Waals surface area contributed by atoms with Crippen LogP contribution in [0.1, 0.15) is 40.5 Å². The normalized spacial score (nSPS) is 31.4.